The van der Waals surface area contributed by atoms with Crippen molar-refractivity contribution < 1.29 is 4.79 Å². The second kappa shape index (κ2) is 5.84. The van der Waals surface area contributed by atoms with Gasteiger partial charge in [0.2, 0.25) is 0 Å². The van der Waals surface area contributed by atoms with Gasteiger partial charge in [-0.25, -0.2) is 14.6 Å². The Morgan fingerprint density at radius 3 is 2.35 bits per heavy atom. The standard InChI is InChI=1S/C14H15N7OS/c1-7-8(2)19-21(10(7)4)14-15-5-11(6-16-14)17-13(22)12-9(3)18-20-23-12/h5-6H,1-4H3,(H,17,22). The van der Waals surface area contributed by atoms with E-state index in [0.29, 0.717) is 22.2 Å². The maximum absolute atomic E-state index is 12.1. The Balaban J connectivity index is 1.81. The molecular formula is C14H15N7OS. The van der Waals surface area contributed by atoms with Crippen LogP contribution >= 0.6 is 11.5 Å². The van der Waals surface area contributed by atoms with E-state index < -0.39 is 0 Å². The van der Waals surface area contributed by atoms with Gasteiger partial charge < -0.3 is 5.32 Å². The van der Waals surface area contributed by atoms with Gasteiger partial charge in [0.1, 0.15) is 4.88 Å². The molecule has 0 fully saturated rings. The van der Waals surface area contributed by atoms with Crippen molar-refractivity contribution in [2.45, 2.75) is 27.7 Å². The van der Waals surface area contributed by atoms with Crippen LogP contribution in [0.4, 0.5) is 5.69 Å². The van der Waals surface area contributed by atoms with Crippen LogP contribution in [0.15, 0.2) is 12.4 Å². The Bertz CT molecular complexity index is 866. The molecule has 0 radical (unpaired) electrons. The lowest BCUT2D eigenvalue weighted by molar-refractivity contribution is 0.102. The summed E-state index contributed by atoms with van der Waals surface area (Å²) in [6.45, 7) is 7.66. The molecule has 3 aromatic heterocycles. The molecule has 0 bridgehead atoms. The second-order valence-electron chi connectivity index (χ2n) is 5.12. The first kappa shape index (κ1) is 15.2. The fourth-order valence-corrected chi connectivity index (χ4v) is 2.59. The molecule has 0 aliphatic carbocycles. The minimum Gasteiger partial charge on any atom is -0.319 e. The van der Waals surface area contributed by atoms with Gasteiger partial charge in [0, 0.05) is 5.69 Å². The minimum absolute atomic E-state index is 0.268. The summed E-state index contributed by atoms with van der Waals surface area (Å²) in [5.41, 5.74) is 4.15. The summed E-state index contributed by atoms with van der Waals surface area (Å²) in [7, 11) is 0. The molecule has 0 unspecified atom stereocenters. The number of rotatable bonds is 3. The summed E-state index contributed by atoms with van der Waals surface area (Å²) >= 11 is 1.06. The molecule has 23 heavy (non-hydrogen) atoms. The predicted molar refractivity (Wildman–Crippen MR) is 86.0 cm³/mol. The lowest BCUT2D eigenvalue weighted by Crippen LogP contribution is -2.13. The summed E-state index contributed by atoms with van der Waals surface area (Å²) in [5.74, 6) is 0.197. The highest BCUT2D eigenvalue weighted by molar-refractivity contribution is 7.08. The zero-order chi connectivity index (χ0) is 16.6. The molecule has 0 saturated carbocycles. The molecule has 3 rings (SSSR count). The number of carbonyl (C=O) groups excluding carboxylic acids is 1. The number of carbonyl (C=O) groups is 1. The van der Waals surface area contributed by atoms with Crippen molar-refractivity contribution in [2.75, 3.05) is 5.32 Å². The van der Waals surface area contributed by atoms with Gasteiger partial charge in [0.25, 0.3) is 11.9 Å². The Hall–Kier alpha value is -2.68. The summed E-state index contributed by atoms with van der Waals surface area (Å²) < 4.78 is 5.43. The molecule has 0 atom stereocenters. The van der Waals surface area contributed by atoms with Gasteiger partial charge in [0.05, 0.1) is 29.5 Å². The molecule has 118 valence electrons. The Morgan fingerprint density at radius 1 is 1.13 bits per heavy atom. The van der Waals surface area contributed by atoms with E-state index in [1.807, 2.05) is 20.8 Å². The van der Waals surface area contributed by atoms with Crippen LogP contribution in [-0.4, -0.2) is 35.2 Å². The van der Waals surface area contributed by atoms with E-state index >= 15 is 0 Å². The van der Waals surface area contributed by atoms with Gasteiger partial charge >= 0.3 is 0 Å². The molecule has 0 aliphatic heterocycles. The number of hydrogen-bond donors (Lipinski definition) is 1. The van der Waals surface area contributed by atoms with Crippen LogP contribution in [0.5, 0.6) is 0 Å². The summed E-state index contributed by atoms with van der Waals surface area (Å²) in [6.07, 6.45) is 3.10. The van der Waals surface area contributed by atoms with Crippen molar-refractivity contribution in [2.24, 2.45) is 0 Å². The topological polar surface area (TPSA) is 98.5 Å². The fourth-order valence-electron chi connectivity index (χ4n) is 2.04. The van der Waals surface area contributed by atoms with E-state index in [0.717, 1.165) is 28.5 Å². The second-order valence-corrected chi connectivity index (χ2v) is 5.88. The number of nitrogens with zero attached hydrogens (tertiary/aromatic N) is 6. The predicted octanol–water partition coefficient (Wildman–Crippen LogP) is 2.00. The summed E-state index contributed by atoms with van der Waals surface area (Å²) in [5, 5.41) is 11.0. The number of aromatic nitrogens is 6. The first-order valence-electron chi connectivity index (χ1n) is 6.93. The van der Waals surface area contributed by atoms with Gasteiger partial charge in [-0.15, -0.1) is 5.10 Å². The van der Waals surface area contributed by atoms with E-state index in [1.54, 1.807) is 24.0 Å². The van der Waals surface area contributed by atoms with Crippen LogP contribution in [-0.2, 0) is 0 Å². The van der Waals surface area contributed by atoms with Crippen LogP contribution in [0.2, 0.25) is 0 Å². The number of aryl methyl sites for hydroxylation is 2. The number of anilines is 1. The highest BCUT2D eigenvalue weighted by Gasteiger charge is 2.14. The average Bonchev–Trinajstić information content (AvgIpc) is 3.07. The molecule has 1 N–H and O–H groups in total. The maximum Gasteiger partial charge on any atom is 0.269 e. The highest BCUT2D eigenvalue weighted by Crippen LogP contribution is 2.16. The molecule has 0 spiro atoms. The molecule has 3 heterocycles. The third-order valence-corrected chi connectivity index (χ3v) is 4.42. The molecule has 8 nitrogen and oxygen atoms in total. The number of nitrogens with one attached hydrogen (secondary N) is 1. The van der Waals surface area contributed by atoms with E-state index in [4.69, 9.17) is 0 Å². The van der Waals surface area contributed by atoms with Gasteiger partial charge in [-0.05, 0) is 44.8 Å². The summed E-state index contributed by atoms with van der Waals surface area (Å²) in [4.78, 5) is 21.1. The van der Waals surface area contributed by atoms with Crippen molar-refractivity contribution in [1.82, 2.24) is 29.3 Å². The molecule has 0 saturated heterocycles. The third kappa shape index (κ3) is 2.82. The van der Waals surface area contributed by atoms with Crippen molar-refractivity contribution in [1.29, 1.82) is 0 Å². The van der Waals surface area contributed by atoms with Crippen molar-refractivity contribution in [3.05, 3.63) is 39.9 Å². The van der Waals surface area contributed by atoms with E-state index in [1.165, 1.54) is 0 Å². The van der Waals surface area contributed by atoms with Gasteiger partial charge in [-0.2, -0.15) is 5.10 Å². The smallest absolute Gasteiger partial charge is 0.269 e. The maximum atomic E-state index is 12.1. The summed E-state index contributed by atoms with van der Waals surface area (Å²) in [6, 6.07) is 0. The van der Waals surface area contributed by atoms with E-state index in [9.17, 15) is 4.79 Å². The van der Waals surface area contributed by atoms with Gasteiger partial charge in [-0.3, -0.25) is 4.79 Å². The van der Waals surface area contributed by atoms with Crippen molar-refractivity contribution in [3.8, 4) is 5.95 Å². The lowest BCUT2D eigenvalue weighted by atomic mass is 10.2. The quantitative estimate of drug-likeness (QED) is 0.789. The fraction of sp³-hybridized carbons (Fsp3) is 0.286. The van der Waals surface area contributed by atoms with Crippen LogP contribution < -0.4 is 5.32 Å². The average molecular weight is 329 g/mol. The number of hydrogen-bond acceptors (Lipinski definition) is 7. The van der Waals surface area contributed by atoms with E-state index in [2.05, 4.69) is 30.0 Å². The Morgan fingerprint density at radius 2 is 1.83 bits per heavy atom. The Kier molecular flexibility index (Phi) is 3.87. The SMILES string of the molecule is Cc1nnsc1C(=O)Nc1cnc(-n2nc(C)c(C)c2C)nc1. The molecule has 3 aromatic rings. The monoisotopic (exact) mass is 329 g/mol. The first-order chi connectivity index (χ1) is 11.0. The largest absolute Gasteiger partial charge is 0.319 e. The Labute approximate surface area is 136 Å². The van der Waals surface area contributed by atoms with Crippen LogP contribution in [0.25, 0.3) is 5.95 Å². The molecule has 0 aliphatic rings. The zero-order valence-corrected chi connectivity index (χ0v) is 14.0. The lowest BCUT2D eigenvalue weighted by Gasteiger charge is -2.05. The number of amides is 1. The molecular weight excluding hydrogens is 314 g/mol. The first-order valence-corrected chi connectivity index (χ1v) is 7.70. The normalized spacial score (nSPS) is 10.8. The van der Waals surface area contributed by atoms with Crippen LogP contribution in [0.1, 0.15) is 32.3 Å². The van der Waals surface area contributed by atoms with Crippen LogP contribution in [0, 0.1) is 27.7 Å². The van der Waals surface area contributed by atoms with Gasteiger partial charge in [-0.1, -0.05) is 4.49 Å². The third-order valence-electron chi connectivity index (χ3n) is 3.60. The van der Waals surface area contributed by atoms with Gasteiger partial charge in [0.15, 0.2) is 0 Å². The van der Waals surface area contributed by atoms with Crippen molar-refractivity contribution in [3.63, 3.8) is 0 Å². The molecule has 1 amide bonds. The van der Waals surface area contributed by atoms with E-state index in [-0.39, 0.29) is 5.91 Å². The minimum atomic E-state index is -0.268. The van der Waals surface area contributed by atoms with Crippen LogP contribution in [0.3, 0.4) is 0 Å². The molecule has 0 aromatic carbocycles. The zero-order valence-electron chi connectivity index (χ0n) is 13.2. The highest BCUT2D eigenvalue weighted by atomic mass is 32.1. The van der Waals surface area contributed by atoms with Crippen molar-refractivity contribution >= 4 is 23.1 Å². The molecule has 9 heteroatoms.